The van der Waals surface area contributed by atoms with Crippen LogP contribution in [0.4, 0.5) is 24.5 Å². The Balaban J connectivity index is 1.75. The van der Waals surface area contributed by atoms with E-state index in [-0.39, 0.29) is 16.9 Å². The molecule has 0 aliphatic carbocycles. The van der Waals surface area contributed by atoms with E-state index in [0.29, 0.717) is 22.3 Å². The highest BCUT2D eigenvalue weighted by atomic mass is 19.4. The van der Waals surface area contributed by atoms with Gasteiger partial charge in [-0.15, -0.1) is 13.2 Å². The summed E-state index contributed by atoms with van der Waals surface area (Å²) in [6, 6.07) is 19.4. The molecule has 0 aliphatic heterocycles. The van der Waals surface area contributed by atoms with E-state index in [4.69, 9.17) is 4.42 Å². The Labute approximate surface area is 187 Å². The summed E-state index contributed by atoms with van der Waals surface area (Å²) in [5.74, 6) is -0.794. The van der Waals surface area contributed by atoms with Crippen molar-refractivity contribution < 1.29 is 27.1 Å². The number of anilines is 1. The first-order chi connectivity index (χ1) is 15.7. The molecule has 1 N–H and O–H groups in total. The number of alkyl halides is 3. The molecule has 3 aromatic carbocycles. The summed E-state index contributed by atoms with van der Waals surface area (Å²) >= 11 is 0. The van der Waals surface area contributed by atoms with E-state index >= 15 is 0 Å². The third kappa shape index (κ3) is 5.41. The highest BCUT2D eigenvalue weighted by molar-refractivity contribution is 6.05. The molecule has 0 aliphatic rings. The maximum Gasteiger partial charge on any atom is 0.573 e. The lowest BCUT2D eigenvalue weighted by molar-refractivity contribution is -0.274. The van der Waals surface area contributed by atoms with Crippen LogP contribution in [0.2, 0.25) is 0 Å². The lowest BCUT2D eigenvalue weighted by atomic mass is 10.1. The predicted octanol–water partition coefficient (Wildman–Crippen LogP) is 6.43. The van der Waals surface area contributed by atoms with Gasteiger partial charge in [0.05, 0.1) is 5.69 Å². The number of nitrogens with zero attached hydrogens (tertiary/aromatic N) is 1. The zero-order valence-electron chi connectivity index (χ0n) is 17.7. The van der Waals surface area contributed by atoms with Crippen molar-refractivity contribution in [2.75, 3.05) is 5.32 Å². The number of halogens is 3. The molecule has 0 atom stereocenters. The number of para-hydroxylation sites is 1. The molecule has 0 saturated heterocycles. The fraction of sp³-hybridized carbons (Fsp3) is 0.120. The quantitative estimate of drug-likeness (QED) is 0.388. The number of hydrogen-bond acceptors (Lipinski definition) is 4. The van der Waals surface area contributed by atoms with Crippen molar-refractivity contribution in [2.24, 2.45) is 4.99 Å². The number of benzene rings is 3. The molecule has 1 heterocycles. The SMILES string of the molecule is Cc1ccc(NC(=O)c2cc3ccccc3oc2=Nc2ccc(OC(F)(F)F)cc2)c(C)c1. The van der Waals surface area contributed by atoms with Crippen LogP contribution in [-0.4, -0.2) is 12.3 Å². The van der Waals surface area contributed by atoms with E-state index in [1.807, 2.05) is 38.1 Å². The Morgan fingerprint density at radius 1 is 0.970 bits per heavy atom. The van der Waals surface area contributed by atoms with Crippen molar-refractivity contribution in [2.45, 2.75) is 20.2 Å². The van der Waals surface area contributed by atoms with Gasteiger partial charge >= 0.3 is 6.36 Å². The van der Waals surface area contributed by atoms with Gasteiger partial charge in [-0.25, -0.2) is 4.99 Å². The first-order valence-electron chi connectivity index (χ1n) is 10.00. The van der Waals surface area contributed by atoms with E-state index in [9.17, 15) is 18.0 Å². The predicted molar refractivity (Wildman–Crippen MR) is 118 cm³/mol. The second-order valence-electron chi connectivity index (χ2n) is 7.43. The van der Waals surface area contributed by atoms with Crippen LogP contribution in [0.15, 0.2) is 82.2 Å². The minimum atomic E-state index is -4.79. The summed E-state index contributed by atoms with van der Waals surface area (Å²) in [5.41, 5.74) is 3.64. The highest BCUT2D eigenvalue weighted by Crippen LogP contribution is 2.25. The third-order valence-corrected chi connectivity index (χ3v) is 4.83. The summed E-state index contributed by atoms with van der Waals surface area (Å²) in [7, 11) is 0. The smallest absolute Gasteiger partial charge is 0.438 e. The Kier molecular flexibility index (Phi) is 5.91. The molecule has 8 heteroatoms. The number of carbonyl (C=O) groups is 1. The van der Waals surface area contributed by atoms with Crippen molar-refractivity contribution in [3.8, 4) is 5.75 Å². The van der Waals surface area contributed by atoms with Crippen molar-refractivity contribution in [1.82, 2.24) is 0 Å². The molecule has 5 nitrogen and oxygen atoms in total. The fourth-order valence-electron chi connectivity index (χ4n) is 3.30. The molecule has 168 valence electrons. The van der Waals surface area contributed by atoms with Gasteiger partial charge in [0.15, 0.2) is 0 Å². The topological polar surface area (TPSA) is 63.8 Å². The largest absolute Gasteiger partial charge is 0.573 e. The van der Waals surface area contributed by atoms with Gasteiger partial charge in [-0.05, 0) is 61.9 Å². The normalized spacial score (nSPS) is 12.1. The van der Waals surface area contributed by atoms with Crippen LogP contribution in [0.1, 0.15) is 21.5 Å². The molecule has 0 unspecified atom stereocenters. The van der Waals surface area contributed by atoms with Gasteiger partial charge in [0.25, 0.3) is 5.91 Å². The van der Waals surface area contributed by atoms with Gasteiger partial charge in [0.1, 0.15) is 16.9 Å². The Hall–Kier alpha value is -4.07. The summed E-state index contributed by atoms with van der Waals surface area (Å²) in [6.45, 7) is 3.85. The zero-order chi connectivity index (χ0) is 23.6. The first kappa shape index (κ1) is 22.1. The minimum Gasteiger partial charge on any atom is -0.438 e. The van der Waals surface area contributed by atoms with Gasteiger partial charge in [0.2, 0.25) is 5.55 Å². The molecule has 1 aromatic heterocycles. The Morgan fingerprint density at radius 2 is 1.70 bits per heavy atom. The van der Waals surface area contributed by atoms with Crippen LogP contribution in [0, 0.1) is 13.8 Å². The fourth-order valence-corrected chi connectivity index (χ4v) is 3.30. The molecule has 33 heavy (non-hydrogen) atoms. The molecule has 4 rings (SSSR count). The average Bonchev–Trinajstić information content (AvgIpc) is 2.75. The van der Waals surface area contributed by atoms with Gasteiger partial charge < -0.3 is 14.5 Å². The average molecular weight is 452 g/mol. The molecule has 0 spiro atoms. The van der Waals surface area contributed by atoms with Crippen LogP contribution in [0.25, 0.3) is 11.0 Å². The number of nitrogens with one attached hydrogen (secondary N) is 1. The monoisotopic (exact) mass is 452 g/mol. The number of carbonyl (C=O) groups excluding carboxylic acids is 1. The third-order valence-electron chi connectivity index (χ3n) is 4.83. The van der Waals surface area contributed by atoms with Crippen LogP contribution in [0.3, 0.4) is 0 Å². The molecule has 1 amide bonds. The summed E-state index contributed by atoms with van der Waals surface area (Å²) < 4.78 is 47.0. The van der Waals surface area contributed by atoms with Gasteiger partial charge in [-0.3, -0.25) is 4.79 Å². The standard InChI is InChI=1S/C25H19F3N2O3/c1-15-7-12-21(16(2)13-15)30-23(31)20-14-17-5-3-4-6-22(17)32-24(20)29-18-8-10-19(11-9-18)33-25(26,27)28/h3-14H,1-2H3,(H,30,31). The van der Waals surface area contributed by atoms with Crippen molar-refractivity contribution in [3.05, 3.63) is 95.0 Å². The van der Waals surface area contributed by atoms with Gasteiger partial charge in [0, 0.05) is 11.1 Å². The summed E-state index contributed by atoms with van der Waals surface area (Å²) in [6.07, 6.45) is -4.79. The van der Waals surface area contributed by atoms with E-state index in [0.717, 1.165) is 23.3 Å². The number of amides is 1. The molecule has 0 saturated carbocycles. The molecule has 0 fully saturated rings. The maximum atomic E-state index is 13.1. The highest BCUT2D eigenvalue weighted by Gasteiger charge is 2.30. The van der Waals surface area contributed by atoms with Gasteiger partial charge in [-0.1, -0.05) is 35.9 Å². The number of fused-ring (bicyclic) bond motifs is 1. The summed E-state index contributed by atoms with van der Waals surface area (Å²) in [4.78, 5) is 17.5. The molecular weight excluding hydrogens is 433 g/mol. The van der Waals surface area contributed by atoms with Crippen LogP contribution in [0.5, 0.6) is 5.75 Å². The molecule has 4 aromatic rings. The Morgan fingerprint density at radius 3 is 2.39 bits per heavy atom. The van der Waals surface area contributed by atoms with E-state index < -0.39 is 12.3 Å². The summed E-state index contributed by atoms with van der Waals surface area (Å²) in [5, 5.41) is 3.58. The van der Waals surface area contributed by atoms with Crippen molar-refractivity contribution >= 4 is 28.3 Å². The molecule has 0 bridgehead atoms. The van der Waals surface area contributed by atoms with E-state index in [1.165, 1.54) is 12.1 Å². The van der Waals surface area contributed by atoms with Gasteiger partial charge in [-0.2, -0.15) is 0 Å². The lowest BCUT2D eigenvalue weighted by Crippen LogP contribution is -2.22. The molecular formula is C25H19F3N2O3. The second-order valence-corrected chi connectivity index (χ2v) is 7.43. The van der Waals surface area contributed by atoms with Crippen molar-refractivity contribution in [1.29, 1.82) is 0 Å². The number of hydrogen-bond donors (Lipinski definition) is 1. The Bertz CT molecular complexity index is 1390. The maximum absolute atomic E-state index is 13.1. The number of aryl methyl sites for hydroxylation is 2. The van der Waals surface area contributed by atoms with Crippen LogP contribution < -0.4 is 15.6 Å². The first-order valence-corrected chi connectivity index (χ1v) is 10.00. The zero-order valence-corrected chi connectivity index (χ0v) is 17.7. The number of ether oxygens (including phenoxy) is 1. The molecule has 0 radical (unpaired) electrons. The lowest BCUT2D eigenvalue weighted by Gasteiger charge is -2.10. The van der Waals surface area contributed by atoms with Crippen LogP contribution >= 0.6 is 0 Å². The van der Waals surface area contributed by atoms with E-state index in [2.05, 4.69) is 15.0 Å². The van der Waals surface area contributed by atoms with E-state index in [1.54, 1.807) is 24.3 Å². The van der Waals surface area contributed by atoms with Crippen molar-refractivity contribution in [3.63, 3.8) is 0 Å². The minimum absolute atomic E-state index is 0.0282. The number of rotatable bonds is 4. The van der Waals surface area contributed by atoms with Crippen LogP contribution in [-0.2, 0) is 0 Å². The second kappa shape index (κ2) is 8.82.